The lowest BCUT2D eigenvalue weighted by Gasteiger charge is -2.11. The molecule has 1 aliphatic rings. The van der Waals surface area contributed by atoms with Crippen molar-refractivity contribution in [3.05, 3.63) is 36.7 Å². The maximum absolute atomic E-state index is 11.9. The molecule has 0 aromatic carbocycles. The Balaban J connectivity index is 1.39. The first-order valence-electron chi connectivity index (χ1n) is 8.33. The van der Waals surface area contributed by atoms with Crippen LogP contribution in [0.25, 0.3) is 0 Å². The minimum atomic E-state index is 0.177. The monoisotopic (exact) mass is 326 g/mol. The molecule has 1 fully saturated rings. The van der Waals surface area contributed by atoms with Crippen LogP contribution in [0.2, 0.25) is 0 Å². The molecule has 3 rings (SSSR count). The van der Waals surface area contributed by atoms with E-state index in [0.29, 0.717) is 24.7 Å². The number of rotatable bonds is 7. The van der Waals surface area contributed by atoms with E-state index in [1.165, 1.54) is 12.8 Å². The minimum absolute atomic E-state index is 0.177. The van der Waals surface area contributed by atoms with Crippen LogP contribution in [-0.2, 0) is 4.79 Å². The Labute approximate surface area is 141 Å². The van der Waals surface area contributed by atoms with E-state index >= 15 is 0 Å². The number of aromatic nitrogens is 3. The lowest BCUT2D eigenvalue weighted by molar-refractivity contribution is -0.124. The SMILES string of the molecule is O=C(NCCNc1ccc(Nc2cccnc2)nn1)C1CCCC1. The number of amides is 1. The topological polar surface area (TPSA) is 91.8 Å². The Morgan fingerprint density at radius 1 is 1.08 bits per heavy atom. The molecule has 1 aliphatic carbocycles. The largest absolute Gasteiger partial charge is 0.367 e. The molecule has 0 spiro atoms. The third-order valence-electron chi connectivity index (χ3n) is 4.05. The highest BCUT2D eigenvalue weighted by molar-refractivity contribution is 5.78. The predicted molar refractivity (Wildman–Crippen MR) is 93.0 cm³/mol. The van der Waals surface area contributed by atoms with E-state index in [2.05, 4.69) is 31.1 Å². The molecule has 3 N–H and O–H groups in total. The summed E-state index contributed by atoms with van der Waals surface area (Å²) in [4.78, 5) is 15.9. The van der Waals surface area contributed by atoms with E-state index in [0.717, 1.165) is 18.5 Å². The van der Waals surface area contributed by atoms with Crippen molar-refractivity contribution in [2.45, 2.75) is 25.7 Å². The van der Waals surface area contributed by atoms with Crippen LogP contribution in [0.15, 0.2) is 36.7 Å². The van der Waals surface area contributed by atoms with Crippen LogP contribution in [0.1, 0.15) is 25.7 Å². The number of nitrogens with zero attached hydrogens (tertiary/aromatic N) is 3. The van der Waals surface area contributed by atoms with Crippen molar-refractivity contribution < 1.29 is 4.79 Å². The predicted octanol–water partition coefficient (Wildman–Crippen LogP) is 2.33. The van der Waals surface area contributed by atoms with E-state index in [1.54, 1.807) is 12.4 Å². The van der Waals surface area contributed by atoms with Crippen LogP contribution < -0.4 is 16.0 Å². The molecule has 1 amide bonds. The maximum Gasteiger partial charge on any atom is 0.223 e. The summed E-state index contributed by atoms with van der Waals surface area (Å²) in [7, 11) is 0. The molecule has 2 heterocycles. The van der Waals surface area contributed by atoms with E-state index in [1.807, 2.05) is 24.3 Å². The Hall–Kier alpha value is -2.70. The average Bonchev–Trinajstić information content (AvgIpc) is 3.16. The van der Waals surface area contributed by atoms with Crippen LogP contribution in [0.4, 0.5) is 17.3 Å². The first-order chi connectivity index (χ1) is 11.8. The second kappa shape index (κ2) is 8.24. The second-order valence-corrected chi connectivity index (χ2v) is 5.87. The summed E-state index contributed by atoms with van der Waals surface area (Å²) in [6, 6.07) is 7.46. The van der Waals surface area contributed by atoms with Gasteiger partial charge in [0.2, 0.25) is 5.91 Å². The number of hydrogen-bond donors (Lipinski definition) is 3. The molecule has 0 atom stereocenters. The van der Waals surface area contributed by atoms with Gasteiger partial charge in [0.15, 0.2) is 5.82 Å². The Bertz CT molecular complexity index is 640. The Morgan fingerprint density at radius 2 is 1.88 bits per heavy atom. The van der Waals surface area contributed by atoms with Gasteiger partial charge >= 0.3 is 0 Å². The van der Waals surface area contributed by atoms with Gasteiger partial charge in [0, 0.05) is 25.2 Å². The fourth-order valence-corrected chi connectivity index (χ4v) is 2.79. The van der Waals surface area contributed by atoms with Crippen LogP contribution in [0, 0.1) is 5.92 Å². The van der Waals surface area contributed by atoms with Crippen LogP contribution in [0.5, 0.6) is 0 Å². The zero-order chi connectivity index (χ0) is 16.6. The standard InChI is InChI=1S/C17H22N6O/c24-17(13-4-1-2-5-13)20-11-10-19-15-7-8-16(23-22-15)21-14-6-3-9-18-12-14/h3,6-9,12-13H,1-2,4-5,10-11H2,(H,19,22)(H,20,24)(H,21,23). The highest BCUT2D eigenvalue weighted by atomic mass is 16.1. The maximum atomic E-state index is 11.9. The Kier molecular flexibility index (Phi) is 5.55. The van der Waals surface area contributed by atoms with Crippen molar-refractivity contribution >= 4 is 23.2 Å². The number of nitrogens with one attached hydrogen (secondary N) is 3. The number of carbonyl (C=O) groups is 1. The van der Waals surface area contributed by atoms with E-state index in [4.69, 9.17) is 0 Å². The Morgan fingerprint density at radius 3 is 2.58 bits per heavy atom. The van der Waals surface area contributed by atoms with E-state index in [-0.39, 0.29) is 11.8 Å². The molecule has 0 radical (unpaired) electrons. The summed E-state index contributed by atoms with van der Waals surface area (Å²) in [5, 5.41) is 17.5. The molecule has 2 aromatic heterocycles. The lowest BCUT2D eigenvalue weighted by atomic mass is 10.1. The van der Waals surface area contributed by atoms with Crippen molar-refractivity contribution in [3.8, 4) is 0 Å². The summed E-state index contributed by atoms with van der Waals surface area (Å²) in [6.07, 6.45) is 7.83. The zero-order valence-electron chi connectivity index (χ0n) is 13.5. The van der Waals surface area contributed by atoms with Crippen molar-refractivity contribution in [3.63, 3.8) is 0 Å². The summed E-state index contributed by atoms with van der Waals surface area (Å²) in [5.41, 5.74) is 0.863. The van der Waals surface area contributed by atoms with Gasteiger partial charge in [-0.1, -0.05) is 12.8 Å². The quantitative estimate of drug-likeness (QED) is 0.676. The molecule has 7 heteroatoms. The third kappa shape index (κ3) is 4.65. The van der Waals surface area contributed by atoms with E-state index < -0.39 is 0 Å². The summed E-state index contributed by atoms with van der Waals surface area (Å²) in [6.45, 7) is 1.22. The minimum Gasteiger partial charge on any atom is -0.367 e. The second-order valence-electron chi connectivity index (χ2n) is 5.87. The first kappa shape index (κ1) is 16.2. The molecule has 126 valence electrons. The summed E-state index contributed by atoms with van der Waals surface area (Å²) in [5.74, 6) is 1.73. The first-order valence-corrected chi connectivity index (χ1v) is 8.33. The molecule has 7 nitrogen and oxygen atoms in total. The molecule has 2 aromatic rings. The van der Waals surface area contributed by atoms with Gasteiger partial charge in [-0.15, -0.1) is 10.2 Å². The van der Waals surface area contributed by atoms with Crippen molar-refractivity contribution in [1.82, 2.24) is 20.5 Å². The number of carbonyl (C=O) groups excluding carboxylic acids is 1. The molecule has 24 heavy (non-hydrogen) atoms. The number of pyridine rings is 1. The van der Waals surface area contributed by atoms with Crippen LogP contribution in [-0.4, -0.2) is 34.2 Å². The normalized spacial score (nSPS) is 14.3. The van der Waals surface area contributed by atoms with E-state index in [9.17, 15) is 4.79 Å². The lowest BCUT2D eigenvalue weighted by Crippen LogP contribution is -2.33. The van der Waals surface area contributed by atoms with Gasteiger partial charge in [0.1, 0.15) is 5.82 Å². The summed E-state index contributed by atoms with van der Waals surface area (Å²) >= 11 is 0. The van der Waals surface area contributed by atoms with Gasteiger partial charge < -0.3 is 16.0 Å². The fourth-order valence-electron chi connectivity index (χ4n) is 2.79. The molecule has 0 unspecified atom stereocenters. The molecule has 0 aliphatic heterocycles. The number of anilines is 3. The fraction of sp³-hybridized carbons (Fsp3) is 0.412. The summed E-state index contributed by atoms with van der Waals surface area (Å²) < 4.78 is 0. The van der Waals surface area contributed by atoms with Gasteiger partial charge in [-0.25, -0.2) is 0 Å². The van der Waals surface area contributed by atoms with Crippen molar-refractivity contribution in [2.24, 2.45) is 5.92 Å². The van der Waals surface area contributed by atoms with Gasteiger partial charge in [-0.3, -0.25) is 9.78 Å². The molecule has 0 saturated heterocycles. The third-order valence-corrected chi connectivity index (χ3v) is 4.05. The van der Waals surface area contributed by atoms with Crippen molar-refractivity contribution in [2.75, 3.05) is 23.7 Å². The van der Waals surface area contributed by atoms with Crippen molar-refractivity contribution in [1.29, 1.82) is 0 Å². The van der Waals surface area contributed by atoms with Gasteiger partial charge in [-0.2, -0.15) is 0 Å². The van der Waals surface area contributed by atoms with Gasteiger partial charge in [0.05, 0.1) is 11.9 Å². The molecule has 1 saturated carbocycles. The van der Waals surface area contributed by atoms with Gasteiger partial charge in [0.25, 0.3) is 0 Å². The highest BCUT2D eigenvalue weighted by Gasteiger charge is 2.21. The van der Waals surface area contributed by atoms with Crippen LogP contribution >= 0.6 is 0 Å². The highest BCUT2D eigenvalue weighted by Crippen LogP contribution is 2.24. The smallest absolute Gasteiger partial charge is 0.223 e. The number of hydrogen-bond acceptors (Lipinski definition) is 6. The molecular formula is C17H22N6O. The zero-order valence-corrected chi connectivity index (χ0v) is 13.5. The average molecular weight is 326 g/mol. The van der Waals surface area contributed by atoms with Crippen LogP contribution in [0.3, 0.4) is 0 Å². The molecular weight excluding hydrogens is 304 g/mol. The van der Waals surface area contributed by atoms with Gasteiger partial charge in [-0.05, 0) is 37.1 Å². The molecule has 0 bridgehead atoms.